The van der Waals surface area contributed by atoms with Crippen molar-refractivity contribution in [1.29, 1.82) is 0 Å². The molecule has 0 spiro atoms. The maximum absolute atomic E-state index is 7.26. The summed E-state index contributed by atoms with van der Waals surface area (Å²) in [6, 6.07) is 49.1. The molecular weight excluding hydrogens is 576 g/mol. The molecule has 5 nitrogen and oxygen atoms in total. The molecule has 0 atom stereocenters. The van der Waals surface area contributed by atoms with Crippen LogP contribution >= 0.6 is 0 Å². The van der Waals surface area contributed by atoms with Crippen LogP contribution in [0, 0.1) is 6.57 Å². The van der Waals surface area contributed by atoms with Crippen LogP contribution in [0.5, 0.6) is 0 Å². The molecular formula is C42H24N4O. The summed E-state index contributed by atoms with van der Waals surface area (Å²) >= 11 is 0. The zero-order valence-corrected chi connectivity index (χ0v) is 25.1. The van der Waals surface area contributed by atoms with Crippen molar-refractivity contribution in [2.45, 2.75) is 0 Å². The number of hydrogen-bond acceptors (Lipinski definition) is 4. The third kappa shape index (κ3) is 4.51. The molecule has 9 rings (SSSR count). The van der Waals surface area contributed by atoms with Crippen molar-refractivity contribution < 1.29 is 4.42 Å². The number of furan rings is 1. The molecule has 0 aliphatic carbocycles. The van der Waals surface area contributed by atoms with Crippen LogP contribution in [-0.4, -0.2) is 15.0 Å². The van der Waals surface area contributed by atoms with Gasteiger partial charge in [0.2, 0.25) is 0 Å². The number of rotatable bonds is 4. The lowest BCUT2D eigenvalue weighted by molar-refractivity contribution is 0.669. The quantitative estimate of drug-likeness (QED) is 0.149. The number of fused-ring (bicyclic) bond motifs is 6. The number of hydrogen-bond donors (Lipinski definition) is 0. The van der Waals surface area contributed by atoms with E-state index in [1.54, 1.807) is 0 Å². The Morgan fingerprint density at radius 2 is 1.02 bits per heavy atom. The second kappa shape index (κ2) is 10.8. The van der Waals surface area contributed by atoms with E-state index in [0.29, 0.717) is 23.2 Å². The molecule has 0 saturated heterocycles. The average molecular weight is 601 g/mol. The lowest BCUT2D eigenvalue weighted by Crippen LogP contribution is -2.01. The van der Waals surface area contributed by atoms with Crippen molar-refractivity contribution >= 4 is 49.2 Å². The van der Waals surface area contributed by atoms with Gasteiger partial charge in [-0.3, -0.25) is 0 Å². The number of para-hydroxylation sites is 2. The molecule has 0 aliphatic heterocycles. The monoisotopic (exact) mass is 600 g/mol. The van der Waals surface area contributed by atoms with E-state index in [1.165, 1.54) is 0 Å². The Morgan fingerprint density at radius 3 is 1.83 bits per heavy atom. The minimum absolute atomic E-state index is 0.547. The van der Waals surface area contributed by atoms with Gasteiger partial charge in [0.15, 0.2) is 23.2 Å². The van der Waals surface area contributed by atoms with Gasteiger partial charge in [0.1, 0.15) is 11.2 Å². The van der Waals surface area contributed by atoms with Gasteiger partial charge in [-0.15, -0.1) is 0 Å². The van der Waals surface area contributed by atoms with E-state index >= 15 is 0 Å². The van der Waals surface area contributed by atoms with Crippen LogP contribution in [0.3, 0.4) is 0 Å². The van der Waals surface area contributed by atoms with Crippen LogP contribution in [-0.2, 0) is 0 Å². The van der Waals surface area contributed by atoms with Crippen LogP contribution in [0.2, 0.25) is 0 Å². The molecule has 0 radical (unpaired) electrons. The Labute approximate surface area is 270 Å². The Bertz CT molecular complexity index is 2680. The topological polar surface area (TPSA) is 56.2 Å². The van der Waals surface area contributed by atoms with E-state index in [2.05, 4.69) is 83.7 Å². The van der Waals surface area contributed by atoms with E-state index in [1.807, 2.05) is 66.7 Å². The third-order valence-corrected chi connectivity index (χ3v) is 8.76. The van der Waals surface area contributed by atoms with E-state index in [9.17, 15) is 0 Å². The average Bonchev–Trinajstić information content (AvgIpc) is 3.53. The minimum atomic E-state index is 0.547. The Kier molecular flexibility index (Phi) is 6.12. The van der Waals surface area contributed by atoms with Crippen molar-refractivity contribution in [3.05, 3.63) is 157 Å². The smallest absolute Gasteiger partial charge is 0.187 e. The zero-order chi connectivity index (χ0) is 31.3. The van der Waals surface area contributed by atoms with Gasteiger partial charge >= 0.3 is 0 Å². The molecule has 47 heavy (non-hydrogen) atoms. The first-order valence-electron chi connectivity index (χ1n) is 15.4. The molecule has 0 amide bonds. The van der Waals surface area contributed by atoms with Crippen LogP contribution in [0.4, 0.5) is 5.69 Å². The first kappa shape index (κ1) is 26.7. The summed E-state index contributed by atoms with van der Waals surface area (Å²) in [5.74, 6) is 1.72. The van der Waals surface area contributed by atoms with Gasteiger partial charge in [-0.05, 0) is 39.4 Å². The Morgan fingerprint density at radius 1 is 0.447 bits per heavy atom. The van der Waals surface area contributed by atoms with Crippen molar-refractivity contribution in [2.75, 3.05) is 0 Å². The summed E-state index contributed by atoms with van der Waals surface area (Å²) in [6.45, 7) is 7.26. The minimum Gasteiger partial charge on any atom is -0.455 e. The summed E-state index contributed by atoms with van der Waals surface area (Å²) in [7, 11) is 0. The molecule has 2 heterocycles. The molecule has 9 aromatic rings. The molecule has 0 aliphatic rings. The number of benzene rings is 7. The fourth-order valence-corrected chi connectivity index (χ4v) is 6.45. The summed E-state index contributed by atoms with van der Waals surface area (Å²) in [5, 5.41) is 6.61. The predicted molar refractivity (Wildman–Crippen MR) is 190 cm³/mol. The molecule has 2 aromatic heterocycles. The van der Waals surface area contributed by atoms with Crippen LogP contribution in [0.15, 0.2) is 150 Å². The van der Waals surface area contributed by atoms with Crippen molar-refractivity contribution in [3.63, 3.8) is 0 Å². The lowest BCUT2D eigenvalue weighted by Gasteiger charge is -2.12. The standard InChI is InChI=1S/C42H24N4O/c1-43-31-24-22-27(23-25-31)26-16-20-30(21-17-26)40-44-41(35-13-6-9-29-19-18-28-8-2-3-10-32(28)38(29)35)46-42(45-40)36-14-7-12-34-33-11-4-5-15-37(33)47-39(34)36/h2-25H. The molecule has 0 unspecified atom stereocenters. The molecule has 0 bridgehead atoms. The normalized spacial score (nSPS) is 11.4. The van der Waals surface area contributed by atoms with E-state index in [-0.39, 0.29) is 0 Å². The van der Waals surface area contributed by atoms with Gasteiger partial charge < -0.3 is 4.42 Å². The summed E-state index contributed by atoms with van der Waals surface area (Å²) in [6.07, 6.45) is 0. The third-order valence-electron chi connectivity index (χ3n) is 8.76. The van der Waals surface area contributed by atoms with E-state index in [0.717, 1.165) is 71.3 Å². The highest BCUT2D eigenvalue weighted by Gasteiger charge is 2.19. The fourth-order valence-electron chi connectivity index (χ4n) is 6.45. The predicted octanol–water partition coefficient (Wildman–Crippen LogP) is 11.3. The van der Waals surface area contributed by atoms with Crippen LogP contribution in [0.1, 0.15) is 0 Å². The molecule has 0 saturated carbocycles. The molecule has 5 heteroatoms. The SMILES string of the molecule is [C-]#[N+]c1ccc(-c2ccc(-c3nc(-c4cccc5c4oc4ccccc45)nc(-c4cccc5ccc6ccccc6c45)n3)cc2)cc1. The lowest BCUT2D eigenvalue weighted by atomic mass is 9.97. The number of nitrogens with zero attached hydrogens (tertiary/aromatic N) is 4. The highest BCUT2D eigenvalue weighted by molar-refractivity contribution is 6.14. The van der Waals surface area contributed by atoms with Gasteiger partial charge in [-0.2, -0.15) is 0 Å². The van der Waals surface area contributed by atoms with Gasteiger partial charge in [0, 0.05) is 27.3 Å². The molecule has 0 N–H and O–H groups in total. The molecule has 218 valence electrons. The second-order valence-electron chi connectivity index (χ2n) is 11.5. The van der Waals surface area contributed by atoms with E-state index < -0.39 is 0 Å². The van der Waals surface area contributed by atoms with Crippen LogP contribution in [0.25, 0.3) is 93.6 Å². The zero-order valence-electron chi connectivity index (χ0n) is 25.1. The fraction of sp³-hybridized carbons (Fsp3) is 0. The first-order chi connectivity index (χ1) is 23.2. The van der Waals surface area contributed by atoms with Crippen LogP contribution < -0.4 is 0 Å². The largest absolute Gasteiger partial charge is 0.455 e. The summed E-state index contributed by atoms with van der Waals surface area (Å²) < 4.78 is 6.42. The Hall–Kier alpha value is -6.64. The van der Waals surface area contributed by atoms with Gasteiger partial charge in [-0.1, -0.05) is 133 Å². The molecule has 7 aromatic carbocycles. The molecule has 0 fully saturated rings. The first-order valence-corrected chi connectivity index (χ1v) is 15.4. The Balaban J connectivity index is 1.27. The van der Waals surface area contributed by atoms with Crippen molar-refractivity contribution in [1.82, 2.24) is 15.0 Å². The van der Waals surface area contributed by atoms with Crippen molar-refractivity contribution in [3.8, 4) is 45.3 Å². The maximum atomic E-state index is 7.26. The van der Waals surface area contributed by atoms with Gasteiger partial charge in [0.05, 0.1) is 12.1 Å². The maximum Gasteiger partial charge on any atom is 0.187 e. The number of aromatic nitrogens is 3. The summed E-state index contributed by atoms with van der Waals surface area (Å²) in [4.78, 5) is 18.9. The van der Waals surface area contributed by atoms with Crippen molar-refractivity contribution in [2.24, 2.45) is 0 Å². The highest BCUT2D eigenvalue weighted by atomic mass is 16.3. The van der Waals surface area contributed by atoms with Gasteiger partial charge in [0.25, 0.3) is 0 Å². The second-order valence-corrected chi connectivity index (χ2v) is 11.5. The summed E-state index contributed by atoms with van der Waals surface area (Å²) in [5.41, 5.74) is 6.91. The van der Waals surface area contributed by atoms with Gasteiger partial charge in [-0.25, -0.2) is 19.8 Å². The highest BCUT2D eigenvalue weighted by Crippen LogP contribution is 2.38. The van der Waals surface area contributed by atoms with E-state index in [4.69, 9.17) is 25.9 Å².